The van der Waals surface area contributed by atoms with Crippen LogP contribution in [-0.4, -0.2) is 43.0 Å². The van der Waals surface area contributed by atoms with Gasteiger partial charge in [-0.3, -0.25) is 4.90 Å². The number of nitrogens with zero attached hydrogens (tertiary/aromatic N) is 2. The SMILES string of the molecule is CN(C)[C@@H](CNC(=O)N1CCC[C@H]1c1ccsc1)c1ccco1. The number of hydrogen-bond donors (Lipinski definition) is 1. The molecule has 1 aliphatic heterocycles. The van der Waals surface area contributed by atoms with Gasteiger partial charge in [0.05, 0.1) is 18.3 Å². The van der Waals surface area contributed by atoms with Gasteiger partial charge < -0.3 is 14.6 Å². The molecule has 0 spiro atoms. The van der Waals surface area contributed by atoms with Gasteiger partial charge in [-0.15, -0.1) is 0 Å². The number of carbonyl (C=O) groups excluding carboxylic acids is 1. The molecule has 0 unspecified atom stereocenters. The standard InChI is InChI=1S/C17H23N3O2S/c1-19(2)15(16-6-4-9-22-16)11-18-17(21)20-8-3-5-14(20)13-7-10-23-12-13/h4,6-7,9-10,12,14-15H,3,5,8,11H2,1-2H3,(H,18,21)/t14-,15-/m0/s1. The minimum Gasteiger partial charge on any atom is -0.468 e. The predicted octanol–water partition coefficient (Wildman–Crippen LogP) is 3.49. The van der Waals surface area contributed by atoms with Gasteiger partial charge >= 0.3 is 6.03 Å². The normalized spacial score (nSPS) is 19.3. The van der Waals surface area contributed by atoms with E-state index < -0.39 is 0 Å². The molecule has 0 aromatic carbocycles. The maximum Gasteiger partial charge on any atom is 0.317 e. The summed E-state index contributed by atoms with van der Waals surface area (Å²) in [5.41, 5.74) is 1.25. The maximum absolute atomic E-state index is 12.6. The zero-order valence-corrected chi connectivity index (χ0v) is 14.4. The van der Waals surface area contributed by atoms with E-state index in [4.69, 9.17) is 4.42 Å². The van der Waals surface area contributed by atoms with Crippen LogP contribution in [0, 0.1) is 0 Å². The van der Waals surface area contributed by atoms with Crippen LogP contribution in [0.25, 0.3) is 0 Å². The van der Waals surface area contributed by atoms with Gasteiger partial charge in [0.2, 0.25) is 0 Å². The molecule has 1 aliphatic rings. The second-order valence-electron chi connectivity index (χ2n) is 6.09. The van der Waals surface area contributed by atoms with E-state index in [0.29, 0.717) is 6.54 Å². The third kappa shape index (κ3) is 3.59. The van der Waals surface area contributed by atoms with E-state index in [9.17, 15) is 4.79 Å². The van der Waals surface area contributed by atoms with Crippen LogP contribution in [0.4, 0.5) is 4.79 Å². The molecule has 2 atom stereocenters. The van der Waals surface area contributed by atoms with Crippen molar-refractivity contribution in [1.82, 2.24) is 15.1 Å². The molecule has 23 heavy (non-hydrogen) atoms. The fourth-order valence-corrected chi connectivity index (χ4v) is 3.83. The second-order valence-corrected chi connectivity index (χ2v) is 6.87. The van der Waals surface area contributed by atoms with Gasteiger partial charge in [-0.05, 0) is 61.5 Å². The van der Waals surface area contributed by atoms with Crippen LogP contribution in [0.2, 0.25) is 0 Å². The van der Waals surface area contributed by atoms with E-state index in [1.807, 2.05) is 31.1 Å². The molecule has 2 aromatic heterocycles. The summed E-state index contributed by atoms with van der Waals surface area (Å²) in [4.78, 5) is 16.6. The highest BCUT2D eigenvalue weighted by Crippen LogP contribution is 2.33. The van der Waals surface area contributed by atoms with Gasteiger partial charge in [0.25, 0.3) is 0 Å². The Balaban J connectivity index is 1.62. The molecule has 3 rings (SSSR count). The van der Waals surface area contributed by atoms with Gasteiger partial charge in [0, 0.05) is 13.1 Å². The van der Waals surface area contributed by atoms with Crippen molar-refractivity contribution in [2.24, 2.45) is 0 Å². The molecule has 0 saturated carbocycles. The Morgan fingerprint density at radius 2 is 2.39 bits per heavy atom. The Hall–Kier alpha value is -1.79. The molecule has 1 N–H and O–H groups in total. The molecule has 1 saturated heterocycles. The van der Waals surface area contributed by atoms with Crippen LogP contribution in [0.1, 0.15) is 36.2 Å². The number of nitrogens with one attached hydrogen (secondary N) is 1. The lowest BCUT2D eigenvalue weighted by molar-refractivity contribution is 0.185. The van der Waals surface area contributed by atoms with Crippen LogP contribution >= 0.6 is 11.3 Å². The van der Waals surface area contributed by atoms with Gasteiger partial charge in [-0.2, -0.15) is 11.3 Å². The Labute approximate surface area is 140 Å². The predicted molar refractivity (Wildman–Crippen MR) is 91.5 cm³/mol. The minimum atomic E-state index is 0.0112. The average molecular weight is 333 g/mol. The Morgan fingerprint density at radius 3 is 3.04 bits per heavy atom. The van der Waals surface area contributed by atoms with Crippen molar-refractivity contribution in [3.05, 3.63) is 46.5 Å². The molecule has 2 amide bonds. The van der Waals surface area contributed by atoms with Gasteiger partial charge in [-0.25, -0.2) is 4.79 Å². The summed E-state index contributed by atoms with van der Waals surface area (Å²) in [6.07, 6.45) is 3.77. The first-order valence-electron chi connectivity index (χ1n) is 7.93. The quantitative estimate of drug-likeness (QED) is 0.911. The summed E-state index contributed by atoms with van der Waals surface area (Å²) >= 11 is 1.68. The molecule has 0 bridgehead atoms. The van der Waals surface area contributed by atoms with Crippen LogP contribution in [0.5, 0.6) is 0 Å². The largest absolute Gasteiger partial charge is 0.468 e. The van der Waals surface area contributed by atoms with E-state index >= 15 is 0 Å². The van der Waals surface area contributed by atoms with E-state index in [0.717, 1.165) is 25.1 Å². The van der Waals surface area contributed by atoms with E-state index in [1.165, 1.54) is 5.56 Å². The van der Waals surface area contributed by atoms with Gasteiger partial charge in [0.1, 0.15) is 5.76 Å². The molecule has 5 nitrogen and oxygen atoms in total. The molecule has 1 fully saturated rings. The molecule has 0 aliphatic carbocycles. The highest BCUT2D eigenvalue weighted by molar-refractivity contribution is 7.07. The third-order valence-corrected chi connectivity index (χ3v) is 5.08. The topological polar surface area (TPSA) is 48.7 Å². The maximum atomic E-state index is 12.6. The summed E-state index contributed by atoms with van der Waals surface area (Å²) < 4.78 is 5.49. The zero-order valence-electron chi connectivity index (χ0n) is 13.6. The number of rotatable bonds is 5. The summed E-state index contributed by atoms with van der Waals surface area (Å²) in [5, 5.41) is 7.29. The summed E-state index contributed by atoms with van der Waals surface area (Å²) in [7, 11) is 3.98. The summed E-state index contributed by atoms with van der Waals surface area (Å²) in [6, 6.07) is 6.20. The first-order valence-corrected chi connectivity index (χ1v) is 8.87. The van der Waals surface area contributed by atoms with Crippen molar-refractivity contribution >= 4 is 17.4 Å². The number of hydrogen-bond acceptors (Lipinski definition) is 4. The molecule has 3 heterocycles. The van der Waals surface area contributed by atoms with Crippen LogP contribution in [0.3, 0.4) is 0 Å². The van der Waals surface area contributed by atoms with E-state index in [1.54, 1.807) is 17.6 Å². The number of carbonyl (C=O) groups is 1. The number of likely N-dealkylation sites (N-methyl/N-ethyl adjacent to an activating group) is 1. The lowest BCUT2D eigenvalue weighted by Crippen LogP contribution is -2.42. The number of urea groups is 1. The monoisotopic (exact) mass is 333 g/mol. The number of furan rings is 1. The lowest BCUT2D eigenvalue weighted by atomic mass is 10.1. The van der Waals surface area contributed by atoms with Gasteiger partial charge in [-0.1, -0.05) is 0 Å². The molecular weight excluding hydrogens is 310 g/mol. The minimum absolute atomic E-state index is 0.0112. The Morgan fingerprint density at radius 1 is 1.52 bits per heavy atom. The first-order chi connectivity index (χ1) is 11.2. The third-order valence-electron chi connectivity index (χ3n) is 4.38. The van der Waals surface area contributed by atoms with Crippen molar-refractivity contribution in [2.45, 2.75) is 24.9 Å². The summed E-state index contributed by atoms with van der Waals surface area (Å²) in [5.74, 6) is 0.867. The first kappa shape index (κ1) is 16.1. The van der Waals surface area contributed by atoms with Crippen molar-refractivity contribution in [2.75, 3.05) is 27.2 Å². The van der Waals surface area contributed by atoms with E-state index in [-0.39, 0.29) is 18.1 Å². The Kier molecular flexibility index (Phi) is 5.03. The van der Waals surface area contributed by atoms with Crippen LogP contribution < -0.4 is 5.32 Å². The fourth-order valence-electron chi connectivity index (χ4n) is 3.13. The van der Waals surface area contributed by atoms with Crippen LogP contribution in [-0.2, 0) is 0 Å². The average Bonchev–Trinajstić information content (AvgIpc) is 3.27. The van der Waals surface area contributed by atoms with Crippen LogP contribution in [0.15, 0.2) is 39.6 Å². The Bertz CT molecular complexity index is 610. The number of likely N-dealkylation sites (tertiary alicyclic amines) is 1. The molecular formula is C17H23N3O2S. The molecule has 6 heteroatoms. The van der Waals surface area contributed by atoms with E-state index in [2.05, 4.69) is 27.0 Å². The lowest BCUT2D eigenvalue weighted by Gasteiger charge is -2.27. The van der Waals surface area contributed by atoms with Crippen molar-refractivity contribution in [3.63, 3.8) is 0 Å². The summed E-state index contributed by atoms with van der Waals surface area (Å²) in [6.45, 7) is 1.35. The highest BCUT2D eigenvalue weighted by Gasteiger charge is 2.30. The highest BCUT2D eigenvalue weighted by atomic mass is 32.1. The fraction of sp³-hybridized carbons (Fsp3) is 0.471. The van der Waals surface area contributed by atoms with Gasteiger partial charge in [0.15, 0.2) is 0 Å². The van der Waals surface area contributed by atoms with Crippen molar-refractivity contribution < 1.29 is 9.21 Å². The molecule has 2 aromatic rings. The number of amides is 2. The molecule has 0 radical (unpaired) electrons. The zero-order chi connectivity index (χ0) is 16.2. The number of thiophene rings is 1. The second kappa shape index (κ2) is 7.19. The van der Waals surface area contributed by atoms with Crippen molar-refractivity contribution in [3.8, 4) is 0 Å². The molecule has 124 valence electrons. The smallest absolute Gasteiger partial charge is 0.317 e. The van der Waals surface area contributed by atoms with Crippen molar-refractivity contribution in [1.29, 1.82) is 0 Å².